The Morgan fingerprint density at radius 2 is 1.67 bits per heavy atom. The fourth-order valence-corrected chi connectivity index (χ4v) is 2.79. The number of amides is 2. The number of carbonyl (C=O) groups is 1. The van der Waals surface area contributed by atoms with Crippen LogP contribution in [-0.2, 0) is 13.2 Å². The first-order valence-electron chi connectivity index (χ1n) is 8.30. The van der Waals surface area contributed by atoms with Crippen LogP contribution in [0, 0.1) is 12.8 Å². The van der Waals surface area contributed by atoms with E-state index < -0.39 is 0 Å². The summed E-state index contributed by atoms with van der Waals surface area (Å²) in [6, 6.07) is 15.4. The molecule has 2 amide bonds. The van der Waals surface area contributed by atoms with Crippen LogP contribution in [0.15, 0.2) is 48.5 Å². The average molecular weight is 326 g/mol. The van der Waals surface area contributed by atoms with Gasteiger partial charge in [0.15, 0.2) is 0 Å². The lowest BCUT2D eigenvalue weighted by Crippen LogP contribution is -2.39. The molecule has 2 rings (SSSR count). The van der Waals surface area contributed by atoms with E-state index in [2.05, 4.69) is 43.5 Å². The molecule has 0 aliphatic heterocycles. The minimum absolute atomic E-state index is 0.0305. The van der Waals surface area contributed by atoms with E-state index in [1.807, 2.05) is 36.4 Å². The van der Waals surface area contributed by atoms with Gasteiger partial charge in [-0.3, -0.25) is 0 Å². The molecule has 0 saturated heterocycles. The van der Waals surface area contributed by atoms with Gasteiger partial charge in [-0.1, -0.05) is 62.4 Å². The summed E-state index contributed by atoms with van der Waals surface area (Å²) >= 11 is 0. The highest BCUT2D eigenvalue weighted by Crippen LogP contribution is 2.24. The molecule has 0 aliphatic carbocycles. The lowest BCUT2D eigenvalue weighted by molar-refractivity contribution is 0.232. The van der Waals surface area contributed by atoms with Crippen LogP contribution in [0.25, 0.3) is 0 Å². The second-order valence-corrected chi connectivity index (χ2v) is 6.33. The topological polar surface area (TPSA) is 61.4 Å². The van der Waals surface area contributed by atoms with E-state index in [9.17, 15) is 9.90 Å². The summed E-state index contributed by atoms with van der Waals surface area (Å²) in [6.07, 6.45) is 0. The molecular formula is C20H26N2O2. The van der Waals surface area contributed by atoms with Gasteiger partial charge in [-0.05, 0) is 35.1 Å². The van der Waals surface area contributed by atoms with Gasteiger partial charge in [-0.2, -0.15) is 0 Å². The summed E-state index contributed by atoms with van der Waals surface area (Å²) in [6.45, 7) is 6.61. The summed E-state index contributed by atoms with van der Waals surface area (Å²) in [4.78, 5) is 12.3. The second-order valence-electron chi connectivity index (χ2n) is 6.33. The lowest BCUT2D eigenvalue weighted by Gasteiger charge is -2.24. The van der Waals surface area contributed by atoms with Crippen molar-refractivity contribution in [3.63, 3.8) is 0 Å². The third-order valence-electron chi connectivity index (χ3n) is 4.20. The number of rotatable bonds is 6. The number of hydrogen-bond donors (Lipinski definition) is 3. The largest absolute Gasteiger partial charge is 0.392 e. The maximum absolute atomic E-state index is 12.3. The van der Waals surface area contributed by atoms with Crippen LogP contribution in [0.5, 0.6) is 0 Å². The van der Waals surface area contributed by atoms with Crippen LogP contribution >= 0.6 is 0 Å². The van der Waals surface area contributed by atoms with Gasteiger partial charge in [-0.15, -0.1) is 0 Å². The van der Waals surface area contributed by atoms with Gasteiger partial charge in [0.2, 0.25) is 0 Å². The number of carbonyl (C=O) groups excluding carboxylic acids is 1. The van der Waals surface area contributed by atoms with Gasteiger partial charge in [0, 0.05) is 6.54 Å². The number of nitrogens with one attached hydrogen (secondary N) is 2. The molecule has 0 radical (unpaired) electrons. The molecule has 0 aromatic heterocycles. The smallest absolute Gasteiger partial charge is 0.315 e. The predicted molar refractivity (Wildman–Crippen MR) is 96.5 cm³/mol. The Morgan fingerprint density at radius 1 is 1.04 bits per heavy atom. The number of aliphatic hydroxyl groups excluding tert-OH is 1. The molecule has 0 fully saturated rings. The van der Waals surface area contributed by atoms with Crippen molar-refractivity contribution in [3.8, 4) is 0 Å². The lowest BCUT2D eigenvalue weighted by atomic mass is 9.93. The number of benzene rings is 2. The molecule has 0 aliphatic rings. The minimum atomic E-state index is -0.204. The van der Waals surface area contributed by atoms with Crippen LogP contribution in [0.2, 0.25) is 0 Å². The highest BCUT2D eigenvalue weighted by atomic mass is 16.3. The number of aliphatic hydroxyl groups is 1. The summed E-state index contributed by atoms with van der Waals surface area (Å²) < 4.78 is 0. The molecule has 2 aromatic carbocycles. The van der Waals surface area contributed by atoms with E-state index in [1.54, 1.807) is 0 Å². The first kappa shape index (κ1) is 18.0. The summed E-state index contributed by atoms with van der Waals surface area (Å²) in [5.74, 6) is 0.279. The Balaban J connectivity index is 2.03. The molecule has 128 valence electrons. The van der Waals surface area contributed by atoms with Gasteiger partial charge in [0.25, 0.3) is 0 Å². The third kappa shape index (κ3) is 4.59. The van der Waals surface area contributed by atoms with E-state index in [-0.39, 0.29) is 24.6 Å². The highest BCUT2D eigenvalue weighted by molar-refractivity contribution is 5.74. The monoisotopic (exact) mass is 326 g/mol. The van der Waals surface area contributed by atoms with Crippen molar-refractivity contribution in [2.75, 3.05) is 0 Å². The van der Waals surface area contributed by atoms with Gasteiger partial charge >= 0.3 is 6.03 Å². The summed E-state index contributed by atoms with van der Waals surface area (Å²) in [7, 11) is 0. The molecule has 1 atom stereocenters. The first-order chi connectivity index (χ1) is 11.5. The Labute approximate surface area is 143 Å². The average Bonchev–Trinajstić information content (AvgIpc) is 2.58. The summed E-state index contributed by atoms with van der Waals surface area (Å²) in [5, 5.41) is 15.3. The van der Waals surface area contributed by atoms with Crippen LogP contribution in [0.3, 0.4) is 0 Å². The van der Waals surface area contributed by atoms with Crippen LogP contribution in [0.4, 0.5) is 4.79 Å². The quantitative estimate of drug-likeness (QED) is 0.758. The first-order valence-corrected chi connectivity index (χ1v) is 8.30. The molecule has 2 aromatic rings. The molecular weight excluding hydrogens is 300 g/mol. The SMILES string of the molecule is Cc1ccccc1C(NC(=O)NCc1ccccc1CO)C(C)C. The van der Waals surface area contributed by atoms with E-state index in [0.29, 0.717) is 6.54 Å². The Hall–Kier alpha value is -2.33. The van der Waals surface area contributed by atoms with Crippen LogP contribution in [0.1, 0.15) is 42.1 Å². The minimum Gasteiger partial charge on any atom is -0.392 e. The Kier molecular flexibility index (Phi) is 6.38. The predicted octanol–water partition coefficient (Wildman–Crippen LogP) is 3.68. The van der Waals surface area contributed by atoms with Crippen molar-refractivity contribution in [1.82, 2.24) is 10.6 Å². The maximum atomic E-state index is 12.3. The van der Waals surface area contributed by atoms with E-state index in [4.69, 9.17) is 0 Å². The van der Waals surface area contributed by atoms with E-state index >= 15 is 0 Å². The van der Waals surface area contributed by atoms with Crippen LogP contribution in [-0.4, -0.2) is 11.1 Å². The number of aryl methyl sites for hydroxylation is 1. The van der Waals surface area contributed by atoms with Crippen molar-refractivity contribution >= 4 is 6.03 Å². The molecule has 0 spiro atoms. The molecule has 24 heavy (non-hydrogen) atoms. The molecule has 4 nitrogen and oxygen atoms in total. The van der Waals surface area contributed by atoms with Gasteiger partial charge in [-0.25, -0.2) is 4.79 Å². The third-order valence-corrected chi connectivity index (χ3v) is 4.20. The van der Waals surface area contributed by atoms with Crippen molar-refractivity contribution in [3.05, 3.63) is 70.8 Å². The van der Waals surface area contributed by atoms with Gasteiger partial charge in [0.05, 0.1) is 12.6 Å². The molecule has 0 bridgehead atoms. The summed E-state index contributed by atoms with van der Waals surface area (Å²) in [5.41, 5.74) is 4.06. The molecule has 3 N–H and O–H groups in total. The van der Waals surface area contributed by atoms with Crippen molar-refractivity contribution < 1.29 is 9.90 Å². The molecule has 0 saturated carbocycles. The van der Waals surface area contributed by atoms with E-state index in [1.165, 1.54) is 5.56 Å². The molecule has 4 heteroatoms. The van der Waals surface area contributed by atoms with Crippen LogP contribution < -0.4 is 10.6 Å². The zero-order chi connectivity index (χ0) is 17.5. The zero-order valence-corrected chi connectivity index (χ0v) is 14.5. The van der Waals surface area contributed by atoms with Crippen molar-refractivity contribution in [2.45, 2.75) is 40.0 Å². The van der Waals surface area contributed by atoms with Crippen molar-refractivity contribution in [1.29, 1.82) is 0 Å². The maximum Gasteiger partial charge on any atom is 0.315 e. The van der Waals surface area contributed by atoms with Crippen molar-refractivity contribution in [2.24, 2.45) is 5.92 Å². The number of hydrogen-bond acceptors (Lipinski definition) is 2. The normalized spacial score (nSPS) is 12.0. The van der Waals surface area contributed by atoms with E-state index in [0.717, 1.165) is 16.7 Å². The van der Waals surface area contributed by atoms with Gasteiger partial charge in [0.1, 0.15) is 0 Å². The Morgan fingerprint density at radius 3 is 2.29 bits per heavy atom. The zero-order valence-electron chi connectivity index (χ0n) is 14.5. The number of urea groups is 1. The Bertz CT molecular complexity index is 683. The molecule has 0 heterocycles. The molecule has 1 unspecified atom stereocenters. The highest BCUT2D eigenvalue weighted by Gasteiger charge is 2.19. The van der Waals surface area contributed by atoms with Gasteiger partial charge < -0.3 is 15.7 Å². The fourth-order valence-electron chi connectivity index (χ4n) is 2.79. The second kappa shape index (κ2) is 8.50. The fraction of sp³-hybridized carbons (Fsp3) is 0.350. The standard InChI is InChI=1S/C20H26N2O2/c1-14(2)19(18-11-7-4-8-15(18)3)22-20(24)21-12-16-9-5-6-10-17(16)13-23/h4-11,14,19,23H,12-13H2,1-3H3,(H2,21,22,24).